The predicted molar refractivity (Wildman–Crippen MR) is 131 cm³/mol. The maximum absolute atomic E-state index is 13.4. The quantitative estimate of drug-likeness (QED) is 0.421. The first kappa shape index (κ1) is 24.1. The average Bonchev–Trinajstić information content (AvgIpc) is 2.85. The summed E-state index contributed by atoms with van der Waals surface area (Å²) in [7, 11) is 0. The van der Waals surface area contributed by atoms with Gasteiger partial charge in [0.25, 0.3) is 5.91 Å². The molecule has 33 heavy (non-hydrogen) atoms. The maximum atomic E-state index is 13.4. The van der Waals surface area contributed by atoms with Gasteiger partial charge in [0.15, 0.2) is 6.61 Å². The summed E-state index contributed by atoms with van der Waals surface area (Å²) in [6, 6.07) is 25.5. The third kappa shape index (κ3) is 7.22. The van der Waals surface area contributed by atoms with Gasteiger partial charge in [0.1, 0.15) is 11.8 Å². The van der Waals surface area contributed by atoms with Crippen molar-refractivity contribution in [1.82, 2.24) is 10.2 Å². The fourth-order valence-electron chi connectivity index (χ4n) is 3.41. The molecule has 3 rings (SSSR count). The van der Waals surface area contributed by atoms with Gasteiger partial charge in [-0.05, 0) is 23.3 Å². The van der Waals surface area contributed by atoms with E-state index in [4.69, 9.17) is 16.3 Å². The summed E-state index contributed by atoms with van der Waals surface area (Å²) in [5.74, 6) is -0.142. The van der Waals surface area contributed by atoms with Crippen LogP contribution < -0.4 is 10.1 Å². The third-order valence-corrected chi connectivity index (χ3v) is 5.39. The zero-order valence-electron chi connectivity index (χ0n) is 18.3. The summed E-state index contributed by atoms with van der Waals surface area (Å²) in [6.45, 7) is 4.01. The van der Waals surface area contributed by atoms with Gasteiger partial charge in [0.05, 0.1) is 5.02 Å². The minimum atomic E-state index is -0.727. The first-order valence-corrected chi connectivity index (χ1v) is 11.1. The largest absolute Gasteiger partial charge is 0.482 e. The lowest BCUT2D eigenvalue weighted by atomic mass is 10.0. The van der Waals surface area contributed by atoms with Gasteiger partial charge in [0.2, 0.25) is 5.91 Å². The second-order valence-corrected chi connectivity index (χ2v) is 7.87. The Hall–Kier alpha value is -3.57. The van der Waals surface area contributed by atoms with Gasteiger partial charge in [0, 0.05) is 19.5 Å². The number of nitrogens with zero attached hydrogens (tertiary/aromatic N) is 1. The number of carbonyl (C=O) groups is 2. The van der Waals surface area contributed by atoms with Crippen molar-refractivity contribution in [3.63, 3.8) is 0 Å². The Balaban J connectivity index is 1.88. The fraction of sp³-hybridized carbons (Fsp3) is 0.185. The lowest BCUT2D eigenvalue weighted by Crippen LogP contribution is -2.51. The fourth-order valence-corrected chi connectivity index (χ4v) is 3.60. The number of para-hydroxylation sites is 1. The smallest absolute Gasteiger partial charge is 0.261 e. The van der Waals surface area contributed by atoms with E-state index in [0.717, 1.165) is 11.1 Å². The molecule has 3 aromatic rings. The van der Waals surface area contributed by atoms with Gasteiger partial charge in [-0.3, -0.25) is 9.59 Å². The number of hydrogen-bond acceptors (Lipinski definition) is 3. The first-order chi connectivity index (χ1) is 16.1. The van der Waals surface area contributed by atoms with E-state index >= 15 is 0 Å². The molecule has 0 aromatic heterocycles. The van der Waals surface area contributed by atoms with Crippen LogP contribution >= 0.6 is 11.6 Å². The summed E-state index contributed by atoms with van der Waals surface area (Å²) in [5, 5.41) is 3.26. The predicted octanol–water partition coefficient (Wildman–Crippen LogP) is 4.66. The lowest BCUT2D eigenvalue weighted by Gasteiger charge is -2.31. The summed E-state index contributed by atoms with van der Waals surface area (Å²) < 4.78 is 5.71. The number of ether oxygens (including phenoxy) is 1. The van der Waals surface area contributed by atoms with Gasteiger partial charge in [-0.1, -0.05) is 90.5 Å². The molecule has 0 bridgehead atoms. The van der Waals surface area contributed by atoms with Crippen LogP contribution in [0.25, 0.3) is 0 Å². The van der Waals surface area contributed by atoms with Crippen molar-refractivity contribution >= 4 is 23.4 Å². The molecule has 170 valence electrons. The van der Waals surface area contributed by atoms with Crippen molar-refractivity contribution in [3.05, 3.63) is 114 Å². The maximum Gasteiger partial charge on any atom is 0.261 e. The third-order valence-electron chi connectivity index (χ3n) is 5.08. The Bertz CT molecular complexity index is 1060. The molecule has 6 heteroatoms. The second-order valence-electron chi connectivity index (χ2n) is 7.47. The zero-order chi connectivity index (χ0) is 23.5. The topological polar surface area (TPSA) is 58.6 Å². The highest BCUT2D eigenvalue weighted by Crippen LogP contribution is 2.23. The highest BCUT2D eigenvalue weighted by Gasteiger charge is 2.30. The molecule has 0 unspecified atom stereocenters. The number of amides is 2. The van der Waals surface area contributed by atoms with Crippen molar-refractivity contribution in [2.24, 2.45) is 0 Å². The van der Waals surface area contributed by atoms with E-state index < -0.39 is 6.04 Å². The van der Waals surface area contributed by atoms with Crippen LogP contribution in [0.3, 0.4) is 0 Å². The number of halogens is 1. The number of hydrogen-bond donors (Lipinski definition) is 1. The van der Waals surface area contributed by atoms with Crippen LogP contribution in [0, 0.1) is 0 Å². The number of nitrogens with one attached hydrogen (secondary N) is 1. The van der Waals surface area contributed by atoms with E-state index in [1.54, 1.807) is 35.2 Å². The van der Waals surface area contributed by atoms with Gasteiger partial charge in [-0.2, -0.15) is 0 Å². The van der Waals surface area contributed by atoms with E-state index in [2.05, 4.69) is 11.9 Å². The Morgan fingerprint density at radius 1 is 0.939 bits per heavy atom. The van der Waals surface area contributed by atoms with E-state index in [0.29, 0.717) is 23.7 Å². The molecule has 5 nitrogen and oxygen atoms in total. The Kier molecular flexibility index (Phi) is 9.09. The normalized spacial score (nSPS) is 11.3. The van der Waals surface area contributed by atoms with Crippen molar-refractivity contribution in [3.8, 4) is 5.75 Å². The molecule has 0 aliphatic heterocycles. The standard InChI is InChI=1S/C27H27ClN2O3/c1-2-17-29-27(32)24(18-21-11-5-3-6-12-21)30(19-22-13-7-4-8-14-22)26(31)20-33-25-16-10-9-15-23(25)28/h2-16,24H,1,17-20H2,(H,29,32)/t24-/m0/s1. The minimum absolute atomic E-state index is 0.239. The molecule has 0 aliphatic carbocycles. The lowest BCUT2D eigenvalue weighted by molar-refractivity contribution is -0.142. The molecule has 2 amide bonds. The second kappa shape index (κ2) is 12.5. The molecule has 0 radical (unpaired) electrons. The summed E-state index contributed by atoms with van der Waals surface area (Å²) in [5.41, 5.74) is 1.87. The van der Waals surface area contributed by atoms with Crippen LogP contribution in [0.5, 0.6) is 5.75 Å². The van der Waals surface area contributed by atoms with Crippen molar-refractivity contribution in [2.45, 2.75) is 19.0 Å². The van der Waals surface area contributed by atoms with E-state index in [1.165, 1.54) is 0 Å². The van der Waals surface area contributed by atoms with Crippen LogP contribution in [-0.2, 0) is 22.6 Å². The van der Waals surface area contributed by atoms with E-state index in [1.807, 2.05) is 60.7 Å². The number of rotatable bonds is 11. The van der Waals surface area contributed by atoms with Crippen LogP contribution in [-0.4, -0.2) is 35.9 Å². The van der Waals surface area contributed by atoms with Crippen molar-refractivity contribution < 1.29 is 14.3 Å². The van der Waals surface area contributed by atoms with Crippen LogP contribution in [0.15, 0.2) is 97.6 Å². The molecule has 0 spiro atoms. The molecule has 1 N–H and O–H groups in total. The van der Waals surface area contributed by atoms with E-state index in [9.17, 15) is 9.59 Å². The minimum Gasteiger partial charge on any atom is -0.482 e. The Labute approximate surface area is 199 Å². The average molecular weight is 463 g/mol. The molecule has 3 aromatic carbocycles. The molecule has 0 aliphatic rings. The monoisotopic (exact) mass is 462 g/mol. The highest BCUT2D eigenvalue weighted by molar-refractivity contribution is 6.32. The summed E-state index contributed by atoms with van der Waals surface area (Å²) in [4.78, 5) is 28.1. The summed E-state index contributed by atoms with van der Waals surface area (Å²) in [6.07, 6.45) is 1.98. The van der Waals surface area contributed by atoms with Crippen LogP contribution in [0.4, 0.5) is 0 Å². The van der Waals surface area contributed by atoms with Crippen LogP contribution in [0.1, 0.15) is 11.1 Å². The number of carbonyl (C=O) groups excluding carboxylic acids is 2. The Morgan fingerprint density at radius 3 is 2.18 bits per heavy atom. The highest BCUT2D eigenvalue weighted by atomic mass is 35.5. The zero-order valence-corrected chi connectivity index (χ0v) is 19.1. The van der Waals surface area contributed by atoms with Gasteiger partial charge in [-0.25, -0.2) is 0 Å². The van der Waals surface area contributed by atoms with Gasteiger partial charge in [-0.15, -0.1) is 6.58 Å². The van der Waals surface area contributed by atoms with Gasteiger partial charge < -0.3 is 15.0 Å². The summed E-state index contributed by atoms with van der Waals surface area (Å²) >= 11 is 6.17. The molecular weight excluding hydrogens is 436 g/mol. The SMILES string of the molecule is C=CCNC(=O)[C@H](Cc1ccccc1)N(Cc1ccccc1)C(=O)COc1ccccc1Cl. The molecule has 0 fully saturated rings. The van der Waals surface area contributed by atoms with Crippen molar-refractivity contribution in [2.75, 3.05) is 13.2 Å². The molecular formula is C27H27ClN2O3. The molecule has 0 heterocycles. The first-order valence-electron chi connectivity index (χ1n) is 10.7. The van der Waals surface area contributed by atoms with Crippen molar-refractivity contribution in [1.29, 1.82) is 0 Å². The molecule has 0 saturated carbocycles. The van der Waals surface area contributed by atoms with Gasteiger partial charge >= 0.3 is 0 Å². The number of benzene rings is 3. The Morgan fingerprint density at radius 2 is 1.55 bits per heavy atom. The molecule has 0 saturated heterocycles. The van der Waals surface area contributed by atoms with Crippen LogP contribution in [0.2, 0.25) is 5.02 Å². The van der Waals surface area contributed by atoms with E-state index in [-0.39, 0.29) is 25.0 Å². The molecule has 1 atom stereocenters.